The van der Waals surface area contributed by atoms with E-state index in [2.05, 4.69) is 22.1 Å². The second kappa shape index (κ2) is 7.23. The quantitative estimate of drug-likeness (QED) is 0.556. The normalized spacial score (nSPS) is 10.4. The van der Waals surface area contributed by atoms with Crippen molar-refractivity contribution in [3.8, 4) is 22.4 Å². The van der Waals surface area contributed by atoms with E-state index < -0.39 is 5.97 Å². The first-order valence-corrected chi connectivity index (χ1v) is 7.57. The molecular weight excluding hydrogens is 323 g/mol. The Labute approximate surface area is 166 Å². The number of rotatable bonds is 3. The number of hydrogen-bond acceptors (Lipinski definition) is 2. The number of pyridine rings is 1. The van der Waals surface area contributed by atoms with Gasteiger partial charge in [-0.1, -0.05) is 30.3 Å². The summed E-state index contributed by atoms with van der Waals surface area (Å²) in [5.41, 5.74) is 5.24. The second-order valence-electron chi connectivity index (χ2n) is 5.62. The number of carboxylic acid groups (broad SMARTS) is 1. The van der Waals surface area contributed by atoms with E-state index in [0.29, 0.717) is 0 Å². The van der Waals surface area contributed by atoms with E-state index in [1.165, 1.54) is 0 Å². The number of benzene rings is 2. The van der Waals surface area contributed by atoms with Crippen LogP contribution in [0.2, 0.25) is 0 Å². The first kappa shape index (κ1) is 17.4. The summed E-state index contributed by atoms with van der Waals surface area (Å²) in [5.74, 6) is -0.925. The summed E-state index contributed by atoms with van der Waals surface area (Å²) in [5, 5.41) is 10.1. The van der Waals surface area contributed by atoms with Crippen LogP contribution < -0.4 is 0 Å². The van der Waals surface area contributed by atoms with Gasteiger partial charge in [-0.15, -0.1) is 0 Å². The van der Waals surface area contributed by atoms with E-state index in [9.17, 15) is 4.79 Å². The van der Waals surface area contributed by atoms with Crippen molar-refractivity contribution >= 4 is 46.4 Å². The van der Waals surface area contributed by atoms with E-state index in [-0.39, 0.29) is 35.1 Å². The summed E-state index contributed by atoms with van der Waals surface area (Å²) in [6, 6.07) is 19.1. The van der Waals surface area contributed by atoms with Gasteiger partial charge >= 0.3 is 35.5 Å². The van der Waals surface area contributed by atoms with Gasteiger partial charge in [0.15, 0.2) is 0 Å². The number of carboxylic acids is 1. The number of aromatic amines is 1. The molecule has 2 N–H and O–H groups in total. The molecule has 4 rings (SSSR count). The van der Waals surface area contributed by atoms with Gasteiger partial charge in [0.05, 0.1) is 5.56 Å². The van der Waals surface area contributed by atoms with Crippen molar-refractivity contribution in [1.82, 2.24) is 9.97 Å². The Morgan fingerprint density at radius 3 is 2.32 bits per heavy atom. The standard InChI is InChI=1S/C20H14N2O2.Na.H/c23-20(24)14-7-5-13(6-8-14)16-9-17(12-21-11-16)19-10-15-3-1-2-4-18(15)22-19;;/h1-12,22H,(H,23,24);;. The molecule has 0 saturated heterocycles. The Hall–Kier alpha value is -2.40. The van der Waals surface area contributed by atoms with Crippen LogP contribution in [0.25, 0.3) is 33.3 Å². The maximum absolute atomic E-state index is 11.0. The molecule has 4 nitrogen and oxygen atoms in total. The van der Waals surface area contributed by atoms with Crippen LogP contribution in [0.3, 0.4) is 0 Å². The molecule has 0 amide bonds. The van der Waals surface area contributed by atoms with Gasteiger partial charge < -0.3 is 10.1 Å². The van der Waals surface area contributed by atoms with Crippen LogP contribution in [0.4, 0.5) is 0 Å². The molecule has 0 bridgehead atoms. The van der Waals surface area contributed by atoms with Gasteiger partial charge in [-0.05, 0) is 35.9 Å². The fourth-order valence-electron chi connectivity index (χ4n) is 2.78. The average Bonchev–Trinajstić information content (AvgIpc) is 3.06. The zero-order valence-electron chi connectivity index (χ0n) is 12.7. The zero-order chi connectivity index (χ0) is 16.5. The van der Waals surface area contributed by atoms with Crippen molar-refractivity contribution < 1.29 is 9.90 Å². The Morgan fingerprint density at radius 2 is 1.60 bits per heavy atom. The Morgan fingerprint density at radius 1 is 0.880 bits per heavy atom. The number of nitrogens with zero attached hydrogens (tertiary/aromatic N) is 1. The molecule has 25 heavy (non-hydrogen) atoms. The minimum absolute atomic E-state index is 0. The molecule has 0 spiro atoms. The molecule has 118 valence electrons. The molecule has 0 aliphatic heterocycles. The molecule has 0 fully saturated rings. The summed E-state index contributed by atoms with van der Waals surface area (Å²) in [4.78, 5) is 18.7. The van der Waals surface area contributed by atoms with E-state index >= 15 is 0 Å². The van der Waals surface area contributed by atoms with E-state index in [0.717, 1.165) is 33.3 Å². The minimum atomic E-state index is -0.925. The van der Waals surface area contributed by atoms with Gasteiger partial charge in [-0.2, -0.15) is 0 Å². The zero-order valence-corrected chi connectivity index (χ0v) is 12.7. The average molecular weight is 338 g/mol. The van der Waals surface area contributed by atoms with Crippen molar-refractivity contribution in [3.05, 3.63) is 78.6 Å². The number of hydrogen-bond donors (Lipinski definition) is 2. The van der Waals surface area contributed by atoms with Crippen molar-refractivity contribution in [2.75, 3.05) is 0 Å². The van der Waals surface area contributed by atoms with Crippen LogP contribution in [-0.4, -0.2) is 50.6 Å². The third-order valence-electron chi connectivity index (χ3n) is 4.04. The fourth-order valence-corrected chi connectivity index (χ4v) is 2.78. The molecule has 2 aromatic heterocycles. The molecule has 0 radical (unpaired) electrons. The van der Waals surface area contributed by atoms with Gasteiger partial charge in [0.25, 0.3) is 0 Å². The maximum atomic E-state index is 11.0. The number of aromatic carboxylic acids is 1. The summed E-state index contributed by atoms with van der Waals surface area (Å²) >= 11 is 0. The summed E-state index contributed by atoms with van der Waals surface area (Å²) < 4.78 is 0. The van der Waals surface area contributed by atoms with Crippen molar-refractivity contribution in [1.29, 1.82) is 0 Å². The predicted molar refractivity (Wildman–Crippen MR) is 101 cm³/mol. The number of H-pyrrole nitrogens is 1. The molecule has 0 aliphatic carbocycles. The number of nitrogens with one attached hydrogen (secondary N) is 1. The molecule has 0 aliphatic rings. The number of para-hydroxylation sites is 1. The van der Waals surface area contributed by atoms with Gasteiger partial charge in [0.1, 0.15) is 0 Å². The van der Waals surface area contributed by atoms with Crippen LogP contribution in [0.5, 0.6) is 0 Å². The monoisotopic (exact) mass is 338 g/mol. The van der Waals surface area contributed by atoms with Crippen molar-refractivity contribution in [2.45, 2.75) is 0 Å². The SMILES string of the molecule is O=C(O)c1ccc(-c2cncc(-c3cc4ccccc4[nH]3)c2)cc1.[NaH]. The molecule has 2 aromatic carbocycles. The van der Waals surface area contributed by atoms with Crippen LogP contribution in [0.1, 0.15) is 10.4 Å². The summed E-state index contributed by atoms with van der Waals surface area (Å²) in [7, 11) is 0. The predicted octanol–water partition coefficient (Wildman–Crippen LogP) is 3.95. The van der Waals surface area contributed by atoms with E-state index in [4.69, 9.17) is 5.11 Å². The van der Waals surface area contributed by atoms with Crippen LogP contribution in [0.15, 0.2) is 73.1 Å². The van der Waals surface area contributed by atoms with Crippen molar-refractivity contribution in [3.63, 3.8) is 0 Å². The molecule has 4 aromatic rings. The topological polar surface area (TPSA) is 66.0 Å². The molecule has 5 heteroatoms. The molecule has 2 heterocycles. The van der Waals surface area contributed by atoms with E-state index in [1.807, 2.05) is 30.5 Å². The Balaban J connectivity index is 0.00000182. The molecule has 0 unspecified atom stereocenters. The molecule has 0 saturated carbocycles. The third kappa shape index (κ3) is 3.51. The van der Waals surface area contributed by atoms with Gasteiger partial charge in [-0.3, -0.25) is 4.98 Å². The van der Waals surface area contributed by atoms with Crippen molar-refractivity contribution in [2.24, 2.45) is 0 Å². The Kier molecular flexibility index (Phi) is 5.04. The second-order valence-corrected chi connectivity index (χ2v) is 5.62. The molecular formula is C20H15N2NaO2. The van der Waals surface area contributed by atoms with Crippen LogP contribution in [-0.2, 0) is 0 Å². The number of aromatic nitrogens is 2. The first-order chi connectivity index (χ1) is 11.7. The van der Waals surface area contributed by atoms with Crippen LogP contribution >= 0.6 is 0 Å². The van der Waals surface area contributed by atoms with Gasteiger partial charge in [0.2, 0.25) is 0 Å². The fraction of sp³-hybridized carbons (Fsp3) is 0. The molecule has 0 atom stereocenters. The number of carbonyl (C=O) groups is 1. The van der Waals surface area contributed by atoms with Crippen LogP contribution in [0, 0.1) is 0 Å². The summed E-state index contributed by atoms with van der Waals surface area (Å²) in [6.45, 7) is 0. The Bertz CT molecular complexity index is 1010. The van der Waals surface area contributed by atoms with Gasteiger partial charge in [0, 0.05) is 40.1 Å². The number of fused-ring (bicyclic) bond motifs is 1. The first-order valence-electron chi connectivity index (χ1n) is 7.57. The third-order valence-corrected chi connectivity index (χ3v) is 4.04. The van der Waals surface area contributed by atoms with E-state index in [1.54, 1.807) is 30.5 Å². The van der Waals surface area contributed by atoms with Gasteiger partial charge in [-0.25, -0.2) is 4.79 Å². The summed E-state index contributed by atoms with van der Waals surface area (Å²) in [6.07, 6.45) is 3.60.